The molecule has 0 bridgehead atoms. The fourth-order valence-electron chi connectivity index (χ4n) is 2.67. The number of thioether (sulfide) groups is 1. The van der Waals surface area contributed by atoms with Crippen molar-refractivity contribution >= 4 is 23.4 Å². The fourth-order valence-corrected chi connectivity index (χ4v) is 3.32. The number of nitrogens with zero attached hydrogens (tertiary/aromatic N) is 1. The van der Waals surface area contributed by atoms with Gasteiger partial charge < -0.3 is 16.4 Å². The average molecular weight is 279 g/mol. The molecule has 1 amide bonds. The van der Waals surface area contributed by atoms with Gasteiger partial charge in [0.2, 0.25) is 5.91 Å². The molecule has 4 N–H and O–H groups in total. The highest BCUT2D eigenvalue weighted by molar-refractivity contribution is 7.98. The molecule has 1 aromatic carbocycles. The van der Waals surface area contributed by atoms with Crippen molar-refractivity contribution in [3.8, 4) is 0 Å². The van der Waals surface area contributed by atoms with Crippen LogP contribution >= 0.6 is 11.8 Å². The number of carbonyl (C=O) groups is 1. The first-order valence-electron chi connectivity index (χ1n) is 6.57. The number of nitrogens with two attached hydrogens (primary N) is 2. The van der Waals surface area contributed by atoms with Gasteiger partial charge in [-0.25, -0.2) is 0 Å². The lowest BCUT2D eigenvalue weighted by Gasteiger charge is -2.34. The van der Waals surface area contributed by atoms with Crippen LogP contribution in [-0.2, 0) is 11.3 Å². The van der Waals surface area contributed by atoms with Crippen LogP contribution in [0.4, 0.5) is 5.69 Å². The van der Waals surface area contributed by atoms with E-state index in [4.69, 9.17) is 11.5 Å². The lowest BCUT2D eigenvalue weighted by Crippen LogP contribution is -2.41. The van der Waals surface area contributed by atoms with Gasteiger partial charge in [-0.1, -0.05) is 6.07 Å². The summed E-state index contributed by atoms with van der Waals surface area (Å²) in [5.74, 6) is -0.239. The zero-order chi connectivity index (χ0) is 13.8. The Morgan fingerprint density at radius 2 is 2.32 bits per heavy atom. The summed E-state index contributed by atoms with van der Waals surface area (Å²) < 4.78 is 0. The van der Waals surface area contributed by atoms with Crippen LogP contribution in [0.5, 0.6) is 0 Å². The molecule has 19 heavy (non-hydrogen) atoms. The van der Waals surface area contributed by atoms with E-state index in [0.29, 0.717) is 13.1 Å². The van der Waals surface area contributed by atoms with Gasteiger partial charge in [-0.3, -0.25) is 4.79 Å². The largest absolute Gasteiger partial charge is 0.370 e. The first-order valence-corrected chi connectivity index (χ1v) is 7.80. The minimum atomic E-state index is -0.194. The maximum absolute atomic E-state index is 11.4. The third-order valence-corrected chi connectivity index (χ3v) is 4.52. The van der Waals surface area contributed by atoms with E-state index in [1.165, 1.54) is 10.5 Å². The number of amides is 1. The summed E-state index contributed by atoms with van der Waals surface area (Å²) in [4.78, 5) is 14.8. The van der Waals surface area contributed by atoms with E-state index in [1.807, 2.05) is 6.07 Å². The molecule has 1 fully saturated rings. The molecule has 2 rings (SSSR count). The van der Waals surface area contributed by atoms with Crippen LogP contribution in [0.3, 0.4) is 0 Å². The molecule has 104 valence electrons. The van der Waals surface area contributed by atoms with E-state index in [0.717, 1.165) is 25.1 Å². The molecular weight excluding hydrogens is 258 g/mol. The Balaban J connectivity index is 2.28. The summed E-state index contributed by atoms with van der Waals surface area (Å²) >= 11 is 1.71. The Labute approximate surface area is 118 Å². The lowest BCUT2D eigenvalue weighted by atomic mass is 9.96. The maximum Gasteiger partial charge on any atom is 0.222 e. The molecule has 0 saturated carbocycles. The second-order valence-corrected chi connectivity index (χ2v) is 5.70. The highest BCUT2D eigenvalue weighted by Gasteiger charge is 2.25. The van der Waals surface area contributed by atoms with Crippen molar-refractivity contribution in [2.45, 2.75) is 24.3 Å². The molecule has 0 radical (unpaired) electrons. The number of benzene rings is 1. The van der Waals surface area contributed by atoms with Crippen molar-refractivity contribution in [2.75, 3.05) is 24.2 Å². The smallest absolute Gasteiger partial charge is 0.222 e. The summed E-state index contributed by atoms with van der Waals surface area (Å²) in [6.07, 6.45) is 3.95. The Morgan fingerprint density at radius 3 is 2.95 bits per heavy atom. The molecule has 1 aliphatic rings. The van der Waals surface area contributed by atoms with Crippen LogP contribution in [0.25, 0.3) is 0 Å². The minimum Gasteiger partial charge on any atom is -0.370 e. The standard InChI is InChI=1S/C14H21N3OS/c1-19-13-6-2-5-12(11(13)8-15)17-7-3-4-10(9-17)14(16)18/h2,5-6,10H,3-4,7-9,15H2,1H3,(H2,16,18). The van der Waals surface area contributed by atoms with Crippen molar-refractivity contribution in [3.63, 3.8) is 0 Å². The lowest BCUT2D eigenvalue weighted by molar-refractivity contribution is -0.122. The monoisotopic (exact) mass is 279 g/mol. The van der Waals surface area contributed by atoms with Gasteiger partial charge in [0.25, 0.3) is 0 Å². The van der Waals surface area contributed by atoms with E-state index in [1.54, 1.807) is 11.8 Å². The van der Waals surface area contributed by atoms with Crippen molar-refractivity contribution in [2.24, 2.45) is 17.4 Å². The summed E-state index contributed by atoms with van der Waals surface area (Å²) in [5, 5.41) is 0. The number of carbonyl (C=O) groups excluding carboxylic acids is 1. The molecule has 0 aliphatic carbocycles. The quantitative estimate of drug-likeness (QED) is 0.821. The summed E-state index contributed by atoms with van der Waals surface area (Å²) in [6, 6.07) is 6.23. The number of rotatable bonds is 4. The molecule has 1 heterocycles. The predicted molar refractivity (Wildman–Crippen MR) is 80.2 cm³/mol. The zero-order valence-electron chi connectivity index (χ0n) is 11.3. The molecule has 0 aromatic heterocycles. The summed E-state index contributed by atoms with van der Waals surface area (Å²) in [7, 11) is 0. The molecule has 1 aliphatic heterocycles. The van der Waals surface area contributed by atoms with Crippen LogP contribution < -0.4 is 16.4 Å². The minimum absolute atomic E-state index is 0.0442. The molecule has 0 spiro atoms. The van der Waals surface area contributed by atoms with E-state index >= 15 is 0 Å². The maximum atomic E-state index is 11.4. The summed E-state index contributed by atoms with van der Waals surface area (Å²) in [5.41, 5.74) is 13.7. The number of anilines is 1. The first kappa shape index (κ1) is 14.2. The molecule has 5 heteroatoms. The average Bonchev–Trinajstić information content (AvgIpc) is 2.46. The summed E-state index contributed by atoms with van der Waals surface area (Å²) in [6.45, 7) is 2.19. The van der Waals surface area contributed by atoms with Crippen LogP contribution in [0.2, 0.25) is 0 Å². The van der Waals surface area contributed by atoms with Crippen LogP contribution in [0, 0.1) is 5.92 Å². The molecule has 4 nitrogen and oxygen atoms in total. The van der Waals surface area contributed by atoms with Crippen LogP contribution in [0.15, 0.2) is 23.1 Å². The Morgan fingerprint density at radius 1 is 1.53 bits per heavy atom. The number of primary amides is 1. The van der Waals surface area contributed by atoms with Crippen molar-refractivity contribution in [3.05, 3.63) is 23.8 Å². The third-order valence-electron chi connectivity index (χ3n) is 3.70. The van der Waals surface area contributed by atoms with E-state index in [9.17, 15) is 4.79 Å². The third kappa shape index (κ3) is 3.04. The van der Waals surface area contributed by atoms with Crippen molar-refractivity contribution in [1.29, 1.82) is 0 Å². The topological polar surface area (TPSA) is 72.3 Å². The van der Waals surface area contributed by atoms with Gasteiger partial charge in [-0.2, -0.15) is 0 Å². The van der Waals surface area contributed by atoms with Gasteiger partial charge in [0.05, 0.1) is 5.92 Å². The van der Waals surface area contributed by atoms with E-state index < -0.39 is 0 Å². The van der Waals surface area contributed by atoms with Gasteiger partial charge in [0.1, 0.15) is 0 Å². The second-order valence-electron chi connectivity index (χ2n) is 4.85. The molecule has 1 atom stereocenters. The molecule has 1 unspecified atom stereocenters. The number of piperidine rings is 1. The normalized spacial score (nSPS) is 19.5. The first-order chi connectivity index (χ1) is 9.17. The Hall–Kier alpha value is -1.20. The van der Waals surface area contributed by atoms with Gasteiger partial charge >= 0.3 is 0 Å². The van der Waals surface area contributed by atoms with Gasteiger partial charge in [0.15, 0.2) is 0 Å². The van der Waals surface area contributed by atoms with Gasteiger partial charge in [-0.05, 0) is 31.2 Å². The van der Waals surface area contributed by atoms with Crippen molar-refractivity contribution < 1.29 is 4.79 Å². The predicted octanol–water partition coefficient (Wildman–Crippen LogP) is 1.57. The van der Waals surface area contributed by atoms with Gasteiger partial charge in [-0.15, -0.1) is 11.8 Å². The highest BCUT2D eigenvalue weighted by atomic mass is 32.2. The van der Waals surface area contributed by atoms with Crippen LogP contribution in [0.1, 0.15) is 18.4 Å². The van der Waals surface area contributed by atoms with E-state index in [2.05, 4.69) is 23.3 Å². The molecule has 1 aromatic rings. The highest BCUT2D eigenvalue weighted by Crippen LogP contribution is 2.31. The van der Waals surface area contributed by atoms with Crippen LogP contribution in [-0.4, -0.2) is 25.3 Å². The van der Waals surface area contributed by atoms with Gasteiger partial charge in [0, 0.05) is 35.8 Å². The fraction of sp³-hybridized carbons (Fsp3) is 0.500. The zero-order valence-corrected chi connectivity index (χ0v) is 12.1. The molecular formula is C14H21N3OS. The number of hydrogen-bond acceptors (Lipinski definition) is 4. The van der Waals surface area contributed by atoms with E-state index in [-0.39, 0.29) is 11.8 Å². The SMILES string of the molecule is CSc1cccc(N2CCCC(C(N)=O)C2)c1CN. The second kappa shape index (κ2) is 6.30. The molecule has 1 saturated heterocycles. The van der Waals surface area contributed by atoms with Crippen molar-refractivity contribution in [1.82, 2.24) is 0 Å². The Bertz CT molecular complexity index is 464. The Kier molecular flexibility index (Phi) is 4.71. The number of hydrogen-bond donors (Lipinski definition) is 2.